The summed E-state index contributed by atoms with van der Waals surface area (Å²) in [6, 6.07) is 0.939. The maximum absolute atomic E-state index is 6.02. The van der Waals surface area contributed by atoms with Crippen LogP contribution in [0, 0.1) is 0 Å². The van der Waals surface area contributed by atoms with Crippen molar-refractivity contribution in [3.8, 4) is 0 Å². The largest absolute Gasteiger partial charge is 0.370 e. The summed E-state index contributed by atoms with van der Waals surface area (Å²) in [7, 11) is 0. The second kappa shape index (κ2) is 4.05. The maximum Gasteiger partial charge on any atom is 0.192 e. The molecule has 1 atom stereocenters. The van der Waals surface area contributed by atoms with Crippen molar-refractivity contribution >= 4 is 17.3 Å². The van der Waals surface area contributed by atoms with Crippen molar-refractivity contribution < 1.29 is 0 Å². The van der Waals surface area contributed by atoms with Gasteiger partial charge in [0.1, 0.15) is 0 Å². The Balaban J connectivity index is 1.84. The molecule has 4 nitrogen and oxygen atoms in total. The molecule has 1 aromatic heterocycles. The third-order valence-electron chi connectivity index (χ3n) is 3.52. The average Bonchev–Trinajstić information content (AvgIpc) is 2.96. The first-order chi connectivity index (χ1) is 7.86. The molecule has 1 saturated carbocycles. The van der Waals surface area contributed by atoms with Gasteiger partial charge in [-0.1, -0.05) is 12.8 Å². The SMILES string of the molecule is NC1=NCC(c2cncs2)N1C1CCCC1. The van der Waals surface area contributed by atoms with Crippen LogP contribution in [0.2, 0.25) is 0 Å². The van der Waals surface area contributed by atoms with Crippen LogP contribution in [0.5, 0.6) is 0 Å². The lowest BCUT2D eigenvalue weighted by Gasteiger charge is -2.31. The molecule has 1 aliphatic carbocycles. The molecule has 2 heterocycles. The van der Waals surface area contributed by atoms with Crippen molar-refractivity contribution in [1.82, 2.24) is 9.88 Å². The second-order valence-corrected chi connectivity index (χ2v) is 5.38. The normalized spacial score (nSPS) is 26.4. The Kier molecular flexibility index (Phi) is 2.55. The van der Waals surface area contributed by atoms with Crippen molar-refractivity contribution in [2.45, 2.75) is 37.8 Å². The van der Waals surface area contributed by atoms with E-state index < -0.39 is 0 Å². The third-order valence-corrected chi connectivity index (χ3v) is 4.40. The van der Waals surface area contributed by atoms with Gasteiger partial charge >= 0.3 is 0 Å². The Morgan fingerprint density at radius 1 is 1.38 bits per heavy atom. The van der Waals surface area contributed by atoms with Crippen LogP contribution in [0.1, 0.15) is 36.6 Å². The first-order valence-electron chi connectivity index (χ1n) is 5.83. The van der Waals surface area contributed by atoms with E-state index in [0.29, 0.717) is 12.1 Å². The Morgan fingerprint density at radius 2 is 2.19 bits per heavy atom. The van der Waals surface area contributed by atoms with E-state index in [4.69, 9.17) is 5.73 Å². The number of aliphatic imine (C=N–C) groups is 1. The molecule has 0 aromatic carbocycles. The predicted molar refractivity (Wildman–Crippen MR) is 65.4 cm³/mol. The van der Waals surface area contributed by atoms with Crippen LogP contribution in [0.4, 0.5) is 0 Å². The van der Waals surface area contributed by atoms with Crippen LogP contribution in [0.25, 0.3) is 0 Å². The van der Waals surface area contributed by atoms with Gasteiger partial charge in [-0.3, -0.25) is 9.98 Å². The van der Waals surface area contributed by atoms with E-state index in [0.717, 1.165) is 12.5 Å². The first-order valence-corrected chi connectivity index (χ1v) is 6.71. The van der Waals surface area contributed by atoms with Crippen molar-refractivity contribution in [3.05, 3.63) is 16.6 Å². The van der Waals surface area contributed by atoms with Gasteiger partial charge in [0, 0.05) is 17.1 Å². The summed E-state index contributed by atoms with van der Waals surface area (Å²) in [6.45, 7) is 0.796. The molecular formula is C11H16N4S. The molecule has 1 aromatic rings. The van der Waals surface area contributed by atoms with Gasteiger partial charge in [0.15, 0.2) is 5.96 Å². The van der Waals surface area contributed by atoms with Gasteiger partial charge in [0.05, 0.1) is 18.1 Å². The maximum atomic E-state index is 6.02. The van der Waals surface area contributed by atoms with Gasteiger partial charge in [-0.15, -0.1) is 11.3 Å². The molecule has 1 aliphatic heterocycles. The highest BCUT2D eigenvalue weighted by molar-refractivity contribution is 7.09. The Labute approximate surface area is 99.2 Å². The Bertz CT molecular complexity index is 381. The number of hydrogen-bond acceptors (Lipinski definition) is 5. The van der Waals surface area contributed by atoms with E-state index in [2.05, 4.69) is 14.9 Å². The topological polar surface area (TPSA) is 54.5 Å². The van der Waals surface area contributed by atoms with Gasteiger partial charge in [-0.05, 0) is 12.8 Å². The number of nitrogens with two attached hydrogens (primary N) is 1. The molecule has 2 aliphatic rings. The molecule has 0 radical (unpaired) electrons. The molecule has 1 unspecified atom stereocenters. The van der Waals surface area contributed by atoms with Crippen LogP contribution >= 0.6 is 11.3 Å². The number of rotatable bonds is 2. The molecule has 0 amide bonds. The molecule has 0 spiro atoms. The number of hydrogen-bond donors (Lipinski definition) is 1. The number of aromatic nitrogens is 1. The summed E-state index contributed by atoms with van der Waals surface area (Å²) >= 11 is 1.70. The molecule has 5 heteroatoms. The Hall–Kier alpha value is -1.10. The van der Waals surface area contributed by atoms with Crippen LogP contribution in [-0.4, -0.2) is 28.4 Å². The fourth-order valence-corrected chi connectivity index (χ4v) is 3.46. The fraction of sp³-hybridized carbons (Fsp3) is 0.636. The predicted octanol–water partition coefficient (Wildman–Crippen LogP) is 1.76. The highest BCUT2D eigenvalue weighted by Crippen LogP contribution is 2.35. The summed E-state index contributed by atoms with van der Waals surface area (Å²) in [4.78, 5) is 12.2. The van der Waals surface area contributed by atoms with Crippen molar-refractivity contribution in [1.29, 1.82) is 0 Å². The highest BCUT2D eigenvalue weighted by Gasteiger charge is 2.35. The van der Waals surface area contributed by atoms with Gasteiger partial charge in [-0.2, -0.15) is 0 Å². The number of nitrogens with zero attached hydrogens (tertiary/aromatic N) is 3. The minimum Gasteiger partial charge on any atom is -0.370 e. The molecule has 0 saturated heterocycles. The second-order valence-electron chi connectivity index (χ2n) is 4.46. The minimum absolute atomic E-state index is 0.343. The van der Waals surface area contributed by atoms with Crippen LogP contribution in [0.3, 0.4) is 0 Å². The van der Waals surface area contributed by atoms with Crippen molar-refractivity contribution in [2.75, 3.05) is 6.54 Å². The molecule has 0 bridgehead atoms. The number of thiazole rings is 1. The smallest absolute Gasteiger partial charge is 0.192 e. The van der Waals surface area contributed by atoms with E-state index in [-0.39, 0.29) is 0 Å². The lowest BCUT2D eigenvalue weighted by molar-refractivity contribution is 0.265. The highest BCUT2D eigenvalue weighted by atomic mass is 32.1. The van der Waals surface area contributed by atoms with Crippen LogP contribution in [-0.2, 0) is 0 Å². The minimum atomic E-state index is 0.343. The van der Waals surface area contributed by atoms with Crippen LogP contribution in [0.15, 0.2) is 16.7 Å². The molecule has 16 heavy (non-hydrogen) atoms. The first kappa shape index (κ1) is 10.1. The zero-order valence-corrected chi connectivity index (χ0v) is 9.99. The van der Waals surface area contributed by atoms with E-state index in [1.165, 1.54) is 30.6 Å². The number of guanidine groups is 1. The zero-order valence-electron chi connectivity index (χ0n) is 9.17. The van der Waals surface area contributed by atoms with E-state index in [1.54, 1.807) is 11.3 Å². The summed E-state index contributed by atoms with van der Waals surface area (Å²) in [5, 5.41) is 0. The van der Waals surface area contributed by atoms with E-state index in [9.17, 15) is 0 Å². The Morgan fingerprint density at radius 3 is 2.88 bits per heavy atom. The lowest BCUT2D eigenvalue weighted by atomic mass is 10.1. The van der Waals surface area contributed by atoms with Gasteiger partial charge in [-0.25, -0.2) is 0 Å². The van der Waals surface area contributed by atoms with Gasteiger partial charge < -0.3 is 10.6 Å². The summed E-state index contributed by atoms with van der Waals surface area (Å²) < 4.78 is 0. The lowest BCUT2D eigenvalue weighted by Crippen LogP contribution is -2.42. The standard InChI is InChI=1S/C11H16N4S/c12-11-14-5-9(10-6-13-7-16-10)15(11)8-3-1-2-4-8/h6-9H,1-5H2,(H2,12,14). The quantitative estimate of drug-likeness (QED) is 0.851. The van der Waals surface area contributed by atoms with E-state index in [1.807, 2.05) is 11.7 Å². The summed E-state index contributed by atoms with van der Waals surface area (Å²) in [5.41, 5.74) is 7.90. The van der Waals surface area contributed by atoms with Crippen LogP contribution < -0.4 is 5.73 Å². The summed E-state index contributed by atoms with van der Waals surface area (Å²) in [5.74, 6) is 0.727. The van der Waals surface area contributed by atoms with E-state index >= 15 is 0 Å². The molecule has 2 N–H and O–H groups in total. The summed E-state index contributed by atoms with van der Waals surface area (Å²) in [6.07, 6.45) is 7.11. The van der Waals surface area contributed by atoms with Gasteiger partial charge in [0.25, 0.3) is 0 Å². The van der Waals surface area contributed by atoms with Crippen molar-refractivity contribution in [3.63, 3.8) is 0 Å². The monoisotopic (exact) mass is 236 g/mol. The third kappa shape index (κ3) is 1.59. The zero-order chi connectivity index (χ0) is 11.0. The fourth-order valence-electron chi connectivity index (χ4n) is 2.75. The van der Waals surface area contributed by atoms with Crippen molar-refractivity contribution in [2.24, 2.45) is 10.7 Å². The van der Waals surface area contributed by atoms with Gasteiger partial charge in [0.2, 0.25) is 0 Å². The average molecular weight is 236 g/mol. The molecule has 3 rings (SSSR count). The molecule has 1 fully saturated rings. The molecular weight excluding hydrogens is 220 g/mol. The molecule has 86 valence electrons.